The first-order chi connectivity index (χ1) is 10.1. The fourth-order valence-corrected chi connectivity index (χ4v) is 2.45. The van der Waals surface area contributed by atoms with E-state index < -0.39 is 0 Å². The molecule has 1 heterocycles. The maximum absolute atomic E-state index is 12.0. The van der Waals surface area contributed by atoms with Crippen molar-refractivity contribution in [1.82, 2.24) is 4.90 Å². The van der Waals surface area contributed by atoms with E-state index in [0.29, 0.717) is 12.6 Å². The van der Waals surface area contributed by atoms with E-state index in [2.05, 4.69) is 22.6 Å². The lowest BCUT2D eigenvalue weighted by Gasteiger charge is -2.30. The van der Waals surface area contributed by atoms with Gasteiger partial charge in [0.15, 0.2) is 0 Å². The van der Waals surface area contributed by atoms with Crippen LogP contribution in [0.3, 0.4) is 0 Å². The van der Waals surface area contributed by atoms with Gasteiger partial charge >= 0.3 is 0 Å². The number of halogens is 2. The number of nitrogens with zero attached hydrogens (tertiary/aromatic N) is 1. The fraction of sp³-hybridized carbons (Fsp3) is 0.562. The number of carbonyl (C=O) groups excluding carboxylic acids is 1. The van der Waals surface area contributed by atoms with Crippen LogP contribution in [-0.2, 0) is 4.79 Å². The summed E-state index contributed by atoms with van der Waals surface area (Å²) in [4.78, 5) is 14.3. The van der Waals surface area contributed by atoms with Crippen molar-refractivity contribution in [2.45, 2.75) is 25.8 Å². The molecule has 0 radical (unpaired) electrons. The number of anilines is 2. The quantitative estimate of drug-likeness (QED) is 0.752. The van der Waals surface area contributed by atoms with Gasteiger partial charge in [0.05, 0.1) is 11.4 Å². The van der Waals surface area contributed by atoms with E-state index in [1.807, 2.05) is 31.2 Å². The second kappa shape index (κ2) is 10.7. The van der Waals surface area contributed by atoms with Crippen LogP contribution in [0.2, 0.25) is 0 Å². The molecule has 23 heavy (non-hydrogen) atoms. The van der Waals surface area contributed by atoms with Gasteiger partial charge in [-0.3, -0.25) is 4.79 Å². The Morgan fingerprint density at radius 2 is 1.83 bits per heavy atom. The monoisotopic (exact) mass is 362 g/mol. The molecule has 7 heteroatoms. The molecule has 1 aliphatic rings. The van der Waals surface area contributed by atoms with Gasteiger partial charge in [-0.05, 0) is 45.1 Å². The van der Waals surface area contributed by atoms with E-state index in [-0.39, 0.29) is 36.6 Å². The molecule has 1 atom stereocenters. The molecule has 1 fully saturated rings. The molecule has 1 aliphatic heterocycles. The number of piperidine rings is 1. The number of amides is 1. The zero-order valence-electron chi connectivity index (χ0n) is 13.7. The lowest BCUT2D eigenvalue weighted by atomic mass is 10.0. The third-order valence-electron chi connectivity index (χ3n) is 4.06. The molecule has 0 saturated carbocycles. The van der Waals surface area contributed by atoms with Gasteiger partial charge in [-0.15, -0.1) is 24.8 Å². The van der Waals surface area contributed by atoms with Gasteiger partial charge in [0.2, 0.25) is 5.91 Å². The second-order valence-corrected chi connectivity index (χ2v) is 5.89. The molecule has 5 nitrogen and oxygen atoms in total. The van der Waals surface area contributed by atoms with Crippen LogP contribution in [0, 0.1) is 5.92 Å². The minimum Gasteiger partial charge on any atom is -0.381 e. The number of carbonyl (C=O) groups is 1. The molecule has 0 bridgehead atoms. The number of hydrogen-bond acceptors (Lipinski definition) is 4. The maximum atomic E-state index is 12.0. The van der Waals surface area contributed by atoms with Crippen LogP contribution in [-0.4, -0.2) is 43.5 Å². The van der Waals surface area contributed by atoms with Crippen LogP contribution in [0.4, 0.5) is 11.4 Å². The van der Waals surface area contributed by atoms with Crippen molar-refractivity contribution in [2.24, 2.45) is 11.7 Å². The van der Waals surface area contributed by atoms with Gasteiger partial charge in [-0.25, -0.2) is 0 Å². The molecule has 1 aromatic rings. The smallest absolute Gasteiger partial charge is 0.228 e. The van der Waals surface area contributed by atoms with Gasteiger partial charge in [0, 0.05) is 18.5 Å². The van der Waals surface area contributed by atoms with Gasteiger partial charge in [-0.1, -0.05) is 19.1 Å². The number of nitrogens with two attached hydrogens (primary N) is 1. The van der Waals surface area contributed by atoms with Gasteiger partial charge in [0.1, 0.15) is 0 Å². The molecule has 0 aromatic heterocycles. The summed E-state index contributed by atoms with van der Waals surface area (Å²) in [6.45, 7) is 4.41. The van der Waals surface area contributed by atoms with Crippen LogP contribution in [0.5, 0.6) is 0 Å². The molecule has 132 valence electrons. The first-order valence-electron chi connectivity index (χ1n) is 7.65. The first kappa shape index (κ1) is 22.0. The summed E-state index contributed by atoms with van der Waals surface area (Å²) in [5.74, 6) is -0.212. The van der Waals surface area contributed by atoms with E-state index >= 15 is 0 Å². The summed E-state index contributed by atoms with van der Waals surface area (Å²) in [7, 11) is 2.15. The van der Waals surface area contributed by atoms with Crippen molar-refractivity contribution in [3.05, 3.63) is 24.3 Å². The van der Waals surface area contributed by atoms with Gasteiger partial charge in [0.25, 0.3) is 0 Å². The Bertz CT molecular complexity index is 479. The Balaban J connectivity index is 0.00000242. The highest BCUT2D eigenvalue weighted by Crippen LogP contribution is 2.24. The Morgan fingerprint density at radius 1 is 1.26 bits per heavy atom. The molecular weight excluding hydrogens is 335 g/mol. The average molecular weight is 363 g/mol. The number of para-hydroxylation sites is 2. The highest BCUT2D eigenvalue weighted by atomic mass is 35.5. The van der Waals surface area contributed by atoms with Crippen LogP contribution in [0.15, 0.2) is 24.3 Å². The summed E-state index contributed by atoms with van der Waals surface area (Å²) < 4.78 is 0. The predicted molar refractivity (Wildman–Crippen MR) is 102 cm³/mol. The summed E-state index contributed by atoms with van der Waals surface area (Å²) in [5.41, 5.74) is 7.37. The predicted octanol–water partition coefficient (Wildman–Crippen LogP) is 2.57. The van der Waals surface area contributed by atoms with Crippen LogP contribution < -0.4 is 16.4 Å². The molecule has 4 N–H and O–H groups in total. The van der Waals surface area contributed by atoms with Crippen molar-refractivity contribution in [3.8, 4) is 0 Å². The summed E-state index contributed by atoms with van der Waals surface area (Å²) in [6, 6.07) is 8.33. The summed E-state index contributed by atoms with van der Waals surface area (Å²) in [6.07, 6.45) is 2.25. The van der Waals surface area contributed by atoms with E-state index in [1.54, 1.807) is 0 Å². The third kappa shape index (κ3) is 6.55. The molecule has 2 rings (SSSR count). The average Bonchev–Trinajstić information content (AvgIpc) is 2.50. The highest BCUT2D eigenvalue weighted by Gasteiger charge is 2.18. The van der Waals surface area contributed by atoms with E-state index in [1.165, 1.54) is 0 Å². The number of nitrogens with one attached hydrogen (secondary N) is 2. The SMILES string of the molecule is CC(CN)C(=O)Nc1ccccc1NC1CCN(C)CC1.Cl.Cl. The highest BCUT2D eigenvalue weighted by molar-refractivity contribution is 5.95. The zero-order valence-corrected chi connectivity index (χ0v) is 15.4. The number of benzene rings is 1. The lowest BCUT2D eigenvalue weighted by molar-refractivity contribution is -0.119. The van der Waals surface area contributed by atoms with Crippen LogP contribution in [0.1, 0.15) is 19.8 Å². The van der Waals surface area contributed by atoms with E-state index in [0.717, 1.165) is 37.3 Å². The van der Waals surface area contributed by atoms with Gasteiger partial charge < -0.3 is 21.3 Å². The first-order valence-corrected chi connectivity index (χ1v) is 7.65. The second-order valence-electron chi connectivity index (χ2n) is 5.89. The fourth-order valence-electron chi connectivity index (χ4n) is 2.45. The topological polar surface area (TPSA) is 70.4 Å². The molecule has 0 aliphatic carbocycles. The largest absolute Gasteiger partial charge is 0.381 e. The number of rotatable bonds is 5. The van der Waals surface area contributed by atoms with Crippen molar-refractivity contribution in [3.63, 3.8) is 0 Å². The van der Waals surface area contributed by atoms with E-state index in [4.69, 9.17) is 5.73 Å². The molecular formula is C16H28Cl2N4O. The van der Waals surface area contributed by atoms with Crippen molar-refractivity contribution in [2.75, 3.05) is 37.3 Å². The number of likely N-dealkylation sites (tertiary alicyclic amines) is 1. The molecule has 0 spiro atoms. The van der Waals surface area contributed by atoms with Crippen LogP contribution >= 0.6 is 24.8 Å². The zero-order chi connectivity index (χ0) is 15.2. The summed E-state index contributed by atoms with van der Waals surface area (Å²) in [5, 5.41) is 6.53. The molecule has 1 saturated heterocycles. The molecule has 1 amide bonds. The van der Waals surface area contributed by atoms with Gasteiger partial charge in [-0.2, -0.15) is 0 Å². The normalized spacial score (nSPS) is 16.7. The minimum atomic E-state index is -0.179. The minimum absolute atomic E-state index is 0. The van der Waals surface area contributed by atoms with Crippen LogP contribution in [0.25, 0.3) is 0 Å². The summed E-state index contributed by atoms with van der Waals surface area (Å²) >= 11 is 0. The van der Waals surface area contributed by atoms with Crippen molar-refractivity contribution >= 4 is 42.1 Å². The molecule has 1 unspecified atom stereocenters. The Labute approximate surface area is 151 Å². The Kier molecular flexibility index (Phi) is 10.2. The number of hydrogen-bond donors (Lipinski definition) is 3. The Hall–Kier alpha value is -1.01. The third-order valence-corrected chi connectivity index (χ3v) is 4.06. The standard InChI is InChI=1S/C16H26N4O.2ClH/c1-12(11-17)16(21)19-15-6-4-3-5-14(15)18-13-7-9-20(2)10-8-13;;/h3-6,12-13,18H,7-11,17H2,1-2H3,(H,19,21);2*1H. The van der Waals surface area contributed by atoms with Crippen molar-refractivity contribution < 1.29 is 4.79 Å². The maximum Gasteiger partial charge on any atom is 0.228 e. The van der Waals surface area contributed by atoms with Crippen molar-refractivity contribution in [1.29, 1.82) is 0 Å². The van der Waals surface area contributed by atoms with E-state index in [9.17, 15) is 4.79 Å². The molecule has 1 aromatic carbocycles. The Morgan fingerprint density at radius 3 is 2.39 bits per heavy atom. The lowest BCUT2D eigenvalue weighted by Crippen LogP contribution is -2.37.